The lowest BCUT2D eigenvalue weighted by molar-refractivity contribution is -0.121. The van der Waals surface area contributed by atoms with Gasteiger partial charge in [0.15, 0.2) is 5.17 Å². The Hall–Kier alpha value is -2.25. The first-order valence-corrected chi connectivity index (χ1v) is 10.3. The normalized spacial score (nSPS) is 17.0. The number of aromatic nitrogens is 1. The van der Waals surface area contributed by atoms with Gasteiger partial charge in [0.1, 0.15) is 11.5 Å². The molecule has 2 aromatic heterocycles. The Kier molecular flexibility index (Phi) is 5.69. The number of amidine groups is 1. The van der Waals surface area contributed by atoms with E-state index in [-0.39, 0.29) is 5.91 Å². The van der Waals surface area contributed by atoms with Gasteiger partial charge in [-0.3, -0.25) is 14.7 Å². The third-order valence-corrected chi connectivity index (χ3v) is 6.06. The van der Waals surface area contributed by atoms with Crippen LogP contribution in [0.4, 0.5) is 5.69 Å². The Bertz CT molecular complexity index is 1150. The van der Waals surface area contributed by atoms with Gasteiger partial charge in [-0.25, -0.2) is 4.99 Å². The van der Waals surface area contributed by atoms with E-state index in [0.717, 1.165) is 0 Å². The van der Waals surface area contributed by atoms with Crippen molar-refractivity contribution < 1.29 is 9.21 Å². The molecule has 0 radical (unpaired) electrons. The van der Waals surface area contributed by atoms with E-state index in [0.29, 0.717) is 47.9 Å². The number of carbonyl (C=O) groups excluding carboxylic acids is 1. The maximum Gasteiger partial charge on any atom is 0.266 e. The van der Waals surface area contributed by atoms with Crippen LogP contribution < -0.4 is 0 Å². The first-order valence-electron chi connectivity index (χ1n) is 8.34. The largest absolute Gasteiger partial charge is 0.457 e. The monoisotopic (exact) mass is 463 g/mol. The Balaban J connectivity index is 1.64. The summed E-state index contributed by atoms with van der Waals surface area (Å²) < 4.78 is 5.85. The molecule has 0 spiro atoms. The lowest BCUT2D eigenvalue weighted by Crippen LogP contribution is -2.23. The number of benzene rings is 1. The quantitative estimate of drug-likeness (QED) is 0.413. The Morgan fingerprint density at radius 3 is 2.59 bits per heavy atom. The molecule has 1 fully saturated rings. The minimum absolute atomic E-state index is 0.187. The van der Waals surface area contributed by atoms with Crippen LogP contribution in [0.1, 0.15) is 5.76 Å². The first-order chi connectivity index (χ1) is 13.9. The number of thioether (sulfide) groups is 1. The number of pyridine rings is 1. The van der Waals surface area contributed by atoms with Crippen molar-refractivity contribution in [3.05, 3.63) is 74.5 Å². The summed E-state index contributed by atoms with van der Waals surface area (Å²) in [4.78, 5) is 22.9. The van der Waals surface area contributed by atoms with E-state index in [4.69, 9.17) is 39.2 Å². The predicted molar refractivity (Wildman–Crippen MR) is 119 cm³/mol. The molecule has 3 aromatic rings. The summed E-state index contributed by atoms with van der Waals surface area (Å²) in [6.07, 6.45) is 4.76. The zero-order valence-corrected chi connectivity index (χ0v) is 18.0. The molecule has 0 bridgehead atoms. The van der Waals surface area contributed by atoms with E-state index < -0.39 is 0 Å². The molecule has 29 heavy (non-hydrogen) atoms. The van der Waals surface area contributed by atoms with Crippen LogP contribution in [0.15, 0.2) is 63.1 Å². The van der Waals surface area contributed by atoms with Crippen molar-refractivity contribution in [3.63, 3.8) is 0 Å². The highest BCUT2D eigenvalue weighted by atomic mass is 35.5. The highest BCUT2D eigenvalue weighted by molar-refractivity contribution is 8.18. The number of rotatable bonds is 3. The lowest BCUT2D eigenvalue weighted by atomic mass is 10.2. The van der Waals surface area contributed by atoms with Crippen molar-refractivity contribution in [1.29, 1.82) is 0 Å². The molecular formula is C20H12Cl3N3O2S. The number of furan rings is 1. The fourth-order valence-electron chi connectivity index (χ4n) is 2.64. The summed E-state index contributed by atoms with van der Waals surface area (Å²) >= 11 is 19.8. The third kappa shape index (κ3) is 4.07. The SMILES string of the molecule is CN1C(=O)/C(=C\c2ccc(-c3c(Cl)cccc3Cl)o2)SC1=Nc1ccncc1Cl. The Morgan fingerprint density at radius 1 is 1.10 bits per heavy atom. The average molecular weight is 465 g/mol. The van der Waals surface area contributed by atoms with Gasteiger partial charge in [0.2, 0.25) is 0 Å². The smallest absolute Gasteiger partial charge is 0.266 e. The summed E-state index contributed by atoms with van der Waals surface area (Å²) in [5.74, 6) is 0.838. The minimum Gasteiger partial charge on any atom is -0.457 e. The van der Waals surface area contributed by atoms with Gasteiger partial charge in [0.05, 0.1) is 31.2 Å². The predicted octanol–water partition coefficient (Wildman–Crippen LogP) is 6.54. The number of halogens is 3. The van der Waals surface area contributed by atoms with Gasteiger partial charge in [-0.15, -0.1) is 0 Å². The van der Waals surface area contributed by atoms with E-state index in [9.17, 15) is 4.79 Å². The molecule has 1 aliphatic heterocycles. The van der Waals surface area contributed by atoms with E-state index in [1.54, 1.807) is 55.7 Å². The highest BCUT2D eigenvalue weighted by Crippen LogP contribution is 2.38. The van der Waals surface area contributed by atoms with Crippen molar-refractivity contribution in [2.24, 2.45) is 4.99 Å². The van der Waals surface area contributed by atoms with Crippen LogP contribution in [0.2, 0.25) is 15.1 Å². The zero-order chi connectivity index (χ0) is 20.5. The van der Waals surface area contributed by atoms with E-state index in [1.165, 1.54) is 22.9 Å². The van der Waals surface area contributed by atoms with Gasteiger partial charge >= 0.3 is 0 Å². The highest BCUT2D eigenvalue weighted by Gasteiger charge is 2.31. The molecule has 0 saturated carbocycles. The van der Waals surface area contributed by atoms with Gasteiger partial charge in [0.25, 0.3) is 5.91 Å². The van der Waals surface area contributed by atoms with Gasteiger partial charge < -0.3 is 4.42 Å². The summed E-state index contributed by atoms with van der Waals surface area (Å²) in [5.41, 5.74) is 1.15. The molecule has 146 valence electrons. The number of carbonyl (C=O) groups is 1. The summed E-state index contributed by atoms with van der Waals surface area (Å²) in [7, 11) is 1.65. The second kappa shape index (κ2) is 8.24. The number of hydrogen-bond acceptors (Lipinski definition) is 5. The first kappa shape index (κ1) is 20.0. The van der Waals surface area contributed by atoms with E-state index in [2.05, 4.69) is 9.98 Å². The maximum atomic E-state index is 12.6. The molecule has 5 nitrogen and oxygen atoms in total. The molecule has 1 amide bonds. The molecule has 0 aliphatic carbocycles. The summed E-state index contributed by atoms with van der Waals surface area (Å²) in [6, 6.07) is 10.4. The van der Waals surface area contributed by atoms with Gasteiger partial charge in [-0.05, 0) is 42.1 Å². The maximum absolute atomic E-state index is 12.6. The van der Waals surface area contributed by atoms with Crippen molar-refractivity contribution in [2.45, 2.75) is 0 Å². The van der Waals surface area contributed by atoms with Crippen LogP contribution >= 0.6 is 46.6 Å². The van der Waals surface area contributed by atoms with Crippen LogP contribution in [-0.4, -0.2) is 28.0 Å². The average Bonchev–Trinajstić information content (AvgIpc) is 3.24. The molecular weight excluding hydrogens is 453 g/mol. The molecule has 9 heteroatoms. The van der Waals surface area contributed by atoms with Crippen LogP contribution in [0, 0.1) is 0 Å². The van der Waals surface area contributed by atoms with Crippen LogP contribution in [-0.2, 0) is 4.79 Å². The third-order valence-electron chi connectivity index (χ3n) is 4.08. The van der Waals surface area contributed by atoms with Crippen molar-refractivity contribution >= 4 is 69.4 Å². The standard InChI is InChI=1S/C20H12Cl3N3O2S/c1-26-19(27)17(29-20(26)25-15-7-8-24-10-14(15)23)9-11-5-6-16(28-11)18-12(21)3-2-4-13(18)22/h2-10H,1H3/b17-9+,25-20?. The summed E-state index contributed by atoms with van der Waals surface area (Å²) in [6.45, 7) is 0. The lowest BCUT2D eigenvalue weighted by Gasteiger charge is -2.07. The molecule has 1 aromatic carbocycles. The molecule has 1 aliphatic rings. The van der Waals surface area contributed by atoms with Crippen LogP contribution in [0.25, 0.3) is 17.4 Å². The molecule has 1 saturated heterocycles. The van der Waals surface area contributed by atoms with E-state index in [1.807, 2.05) is 0 Å². The number of amides is 1. The summed E-state index contributed by atoms with van der Waals surface area (Å²) in [5, 5.41) is 1.89. The van der Waals surface area contributed by atoms with Gasteiger partial charge in [0, 0.05) is 25.5 Å². The molecule has 0 atom stereocenters. The van der Waals surface area contributed by atoms with Crippen molar-refractivity contribution in [1.82, 2.24) is 9.88 Å². The second-order valence-electron chi connectivity index (χ2n) is 5.99. The van der Waals surface area contributed by atoms with Crippen molar-refractivity contribution in [3.8, 4) is 11.3 Å². The molecule has 0 unspecified atom stereocenters. The van der Waals surface area contributed by atoms with Crippen LogP contribution in [0.3, 0.4) is 0 Å². The van der Waals surface area contributed by atoms with Crippen LogP contribution in [0.5, 0.6) is 0 Å². The van der Waals surface area contributed by atoms with Crippen molar-refractivity contribution in [2.75, 3.05) is 7.05 Å². The Morgan fingerprint density at radius 2 is 1.86 bits per heavy atom. The minimum atomic E-state index is -0.187. The fourth-order valence-corrected chi connectivity index (χ4v) is 4.35. The molecule has 3 heterocycles. The molecule has 4 rings (SSSR count). The van der Waals surface area contributed by atoms with Gasteiger partial charge in [-0.2, -0.15) is 0 Å². The second-order valence-corrected chi connectivity index (χ2v) is 8.23. The number of aliphatic imine (C=N–C) groups is 1. The zero-order valence-electron chi connectivity index (χ0n) is 14.9. The van der Waals surface area contributed by atoms with Gasteiger partial charge in [-0.1, -0.05) is 40.9 Å². The number of nitrogens with zero attached hydrogens (tertiary/aromatic N) is 3. The number of hydrogen-bond donors (Lipinski definition) is 0. The Labute approximate surface area is 186 Å². The fraction of sp³-hybridized carbons (Fsp3) is 0.0500. The topological polar surface area (TPSA) is 58.7 Å². The van der Waals surface area contributed by atoms with E-state index >= 15 is 0 Å². The number of likely N-dealkylation sites (N-methyl/N-ethyl adjacent to an activating group) is 1. The molecule has 0 N–H and O–H groups in total.